The predicted octanol–water partition coefficient (Wildman–Crippen LogP) is 3.70. The maximum Gasteiger partial charge on any atom is 0.165 e. The molecule has 1 fully saturated rings. The smallest absolute Gasteiger partial charge is 0.165 e. The van der Waals surface area contributed by atoms with E-state index in [4.69, 9.17) is 11.6 Å². The second kappa shape index (κ2) is 7.73. The van der Waals surface area contributed by atoms with Crippen LogP contribution in [0, 0.1) is 0 Å². The molecule has 0 saturated carbocycles. The molecule has 0 radical (unpaired) electrons. The summed E-state index contributed by atoms with van der Waals surface area (Å²) < 4.78 is 0.898. The first-order valence-electron chi connectivity index (χ1n) is 7.34. The lowest BCUT2D eigenvalue weighted by Crippen LogP contribution is -2.42. The van der Waals surface area contributed by atoms with Crippen LogP contribution in [0.5, 0.6) is 0 Å². The van der Waals surface area contributed by atoms with Gasteiger partial charge in [-0.15, -0.1) is 0 Å². The van der Waals surface area contributed by atoms with Crippen molar-refractivity contribution in [1.29, 1.82) is 0 Å². The van der Waals surface area contributed by atoms with Crippen molar-refractivity contribution in [3.8, 4) is 0 Å². The van der Waals surface area contributed by atoms with Gasteiger partial charge >= 0.3 is 0 Å². The van der Waals surface area contributed by atoms with Crippen LogP contribution in [0.4, 0.5) is 0 Å². The van der Waals surface area contributed by atoms with Crippen molar-refractivity contribution < 1.29 is 4.79 Å². The van der Waals surface area contributed by atoms with E-state index in [9.17, 15) is 4.79 Å². The molecule has 0 amide bonds. The van der Waals surface area contributed by atoms with E-state index < -0.39 is 0 Å². The topological polar surface area (TPSA) is 23.6 Å². The van der Waals surface area contributed by atoms with Gasteiger partial charge in [0.15, 0.2) is 5.78 Å². The highest BCUT2D eigenvalue weighted by Gasteiger charge is 2.21. The van der Waals surface area contributed by atoms with E-state index in [0.29, 0.717) is 23.0 Å². The molecular weight excluding hydrogens is 352 g/mol. The van der Waals surface area contributed by atoms with Crippen molar-refractivity contribution in [1.82, 2.24) is 9.80 Å². The summed E-state index contributed by atoms with van der Waals surface area (Å²) >= 11 is 9.49. The first kappa shape index (κ1) is 16.9. The van der Waals surface area contributed by atoms with Crippen LogP contribution in [0.3, 0.4) is 0 Å². The summed E-state index contributed by atoms with van der Waals surface area (Å²) in [6.45, 7) is 2.97. The predicted molar refractivity (Wildman–Crippen MR) is 91.2 cm³/mol. The molecule has 0 aliphatic carbocycles. The molecular formula is C16H22BrClN2O. The average Bonchev–Trinajstić information content (AvgIpc) is 2.45. The second-order valence-corrected chi connectivity index (χ2v) is 7.16. The fraction of sp³-hybridized carbons (Fsp3) is 0.562. The summed E-state index contributed by atoms with van der Waals surface area (Å²) in [4.78, 5) is 16.9. The third kappa shape index (κ3) is 4.78. The van der Waals surface area contributed by atoms with Gasteiger partial charge in [-0.3, -0.25) is 4.79 Å². The molecule has 0 spiro atoms. The van der Waals surface area contributed by atoms with Crippen molar-refractivity contribution in [2.45, 2.75) is 25.3 Å². The molecule has 1 aliphatic rings. The number of Topliss-reactive ketones (excluding diaryl/α,β-unsaturated/α-hetero) is 1. The van der Waals surface area contributed by atoms with Gasteiger partial charge in [-0.25, -0.2) is 0 Å². The first-order chi connectivity index (χ1) is 9.97. The number of carbonyl (C=O) groups excluding carboxylic acids is 1. The minimum absolute atomic E-state index is 0.127. The van der Waals surface area contributed by atoms with Crippen molar-refractivity contribution in [3.63, 3.8) is 0 Å². The number of nitrogens with zero attached hydrogens (tertiary/aromatic N) is 2. The highest BCUT2D eigenvalue weighted by Crippen LogP contribution is 2.23. The molecule has 1 aliphatic heterocycles. The Kier molecular flexibility index (Phi) is 6.23. The number of benzene rings is 1. The first-order valence-corrected chi connectivity index (χ1v) is 8.51. The fourth-order valence-electron chi connectivity index (χ4n) is 2.77. The Morgan fingerprint density at radius 1 is 1.38 bits per heavy atom. The lowest BCUT2D eigenvalue weighted by atomic mass is 10.0. The van der Waals surface area contributed by atoms with Gasteiger partial charge in [0.25, 0.3) is 0 Å². The van der Waals surface area contributed by atoms with Crippen LogP contribution in [0.15, 0.2) is 22.7 Å². The third-order valence-corrected chi connectivity index (χ3v) is 4.98. The number of likely N-dealkylation sites (tertiary alicyclic amines) is 1. The zero-order valence-corrected chi connectivity index (χ0v) is 15.0. The van der Waals surface area contributed by atoms with E-state index >= 15 is 0 Å². The number of carbonyl (C=O) groups is 1. The number of halogens is 2. The highest BCUT2D eigenvalue weighted by atomic mass is 79.9. The van der Waals surface area contributed by atoms with Crippen LogP contribution >= 0.6 is 27.5 Å². The Bertz CT molecular complexity index is 499. The summed E-state index contributed by atoms with van der Waals surface area (Å²) in [5.74, 6) is 0.127. The van der Waals surface area contributed by atoms with Gasteiger partial charge in [0, 0.05) is 29.0 Å². The minimum atomic E-state index is 0.127. The molecule has 0 atom stereocenters. The summed E-state index contributed by atoms with van der Waals surface area (Å²) in [7, 11) is 4.28. The largest absolute Gasteiger partial charge is 0.306 e. The summed E-state index contributed by atoms with van der Waals surface area (Å²) in [5, 5.41) is 0.528. The Morgan fingerprint density at radius 3 is 2.62 bits per heavy atom. The number of piperidine rings is 1. The number of hydrogen-bond acceptors (Lipinski definition) is 3. The normalized spacial score (nSPS) is 17.4. The number of rotatable bonds is 5. The van der Waals surface area contributed by atoms with Crippen LogP contribution in [0.1, 0.15) is 29.6 Å². The van der Waals surface area contributed by atoms with Crippen LogP contribution in [-0.4, -0.2) is 55.4 Å². The van der Waals surface area contributed by atoms with Gasteiger partial charge in [0.1, 0.15) is 0 Å². The molecule has 0 bridgehead atoms. The zero-order chi connectivity index (χ0) is 15.4. The number of ketones is 1. The Morgan fingerprint density at radius 2 is 2.05 bits per heavy atom. The Balaban J connectivity index is 1.82. The molecule has 0 aromatic heterocycles. The molecule has 1 aromatic carbocycles. The van der Waals surface area contributed by atoms with Crippen molar-refractivity contribution >= 4 is 33.3 Å². The minimum Gasteiger partial charge on any atom is -0.306 e. The van der Waals surface area contributed by atoms with E-state index in [2.05, 4.69) is 39.8 Å². The third-order valence-electron chi connectivity index (χ3n) is 4.17. The van der Waals surface area contributed by atoms with Crippen molar-refractivity contribution in [2.24, 2.45) is 0 Å². The standard InChI is InChI=1S/C16H22BrClN2O/c1-19(2)13-5-8-20(9-6-13)10-7-16(21)14-4-3-12(17)11-15(14)18/h3-4,11,13H,5-10H2,1-2H3. The van der Waals surface area contributed by atoms with Gasteiger partial charge in [-0.1, -0.05) is 27.5 Å². The molecule has 0 unspecified atom stereocenters. The van der Waals surface area contributed by atoms with E-state index in [1.54, 1.807) is 12.1 Å². The van der Waals surface area contributed by atoms with E-state index in [1.807, 2.05) is 6.07 Å². The van der Waals surface area contributed by atoms with Crippen LogP contribution in [0.25, 0.3) is 0 Å². The van der Waals surface area contributed by atoms with Gasteiger partial charge < -0.3 is 9.80 Å². The quantitative estimate of drug-likeness (QED) is 0.735. The van der Waals surface area contributed by atoms with Crippen LogP contribution in [-0.2, 0) is 0 Å². The van der Waals surface area contributed by atoms with Crippen molar-refractivity contribution in [2.75, 3.05) is 33.7 Å². The molecule has 3 nitrogen and oxygen atoms in total. The molecule has 116 valence electrons. The SMILES string of the molecule is CN(C)C1CCN(CCC(=O)c2ccc(Br)cc2Cl)CC1. The highest BCUT2D eigenvalue weighted by molar-refractivity contribution is 9.10. The Labute approximate surface area is 140 Å². The molecule has 1 saturated heterocycles. The lowest BCUT2D eigenvalue weighted by molar-refractivity contribution is 0.0940. The molecule has 21 heavy (non-hydrogen) atoms. The molecule has 1 heterocycles. The van der Waals surface area contributed by atoms with Gasteiger partial charge in [-0.05, 0) is 58.2 Å². The average molecular weight is 374 g/mol. The fourth-order valence-corrected chi connectivity index (χ4v) is 3.55. The molecule has 0 N–H and O–H groups in total. The Hall–Kier alpha value is -0.420. The number of hydrogen-bond donors (Lipinski definition) is 0. The molecule has 1 aromatic rings. The summed E-state index contributed by atoms with van der Waals surface area (Å²) in [6, 6.07) is 6.12. The summed E-state index contributed by atoms with van der Waals surface area (Å²) in [5.41, 5.74) is 0.628. The molecule has 5 heteroatoms. The lowest BCUT2D eigenvalue weighted by Gasteiger charge is -2.35. The van der Waals surface area contributed by atoms with E-state index in [0.717, 1.165) is 24.1 Å². The second-order valence-electron chi connectivity index (χ2n) is 5.83. The van der Waals surface area contributed by atoms with Crippen molar-refractivity contribution in [3.05, 3.63) is 33.3 Å². The zero-order valence-electron chi connectivity index (χ0n) is 12.6. The maximum absolute atomic E-state index is 12.3. The monoisotopic (exact) mass is 372 g/mol. The van der Waals surface area contributed by atoms with Gasteiger partial charge in [-0.2, -0.15) is 0 Å². The van der Waals surface area contributed by atoms with E-state index in [-0.39, 0.29) is 5.78 Å². The van der Waals surface area contributed by atoms with Gasteiger partial charge in [0.05, 0.1) is 5.02 Å². The molecule has 2 rings (SSSR count). The van der Waals surface area contributed by atoms with Gasteiger partial charge in [0.2, 0.25) is 0 Å². The van der Waals surface area contributed by atoms with Crippen LogP contribution in [0.2, 0.25) is 5.02 Å². The maximum atomic E-state index is 12.3. The van der Waals surface area contributed by atoms with Crippen LogP contribution < -0.4 is 0 Å². The van der Waals surface area contributed by atoms with E-state index in [1.165, 1.54) is 12.8 Å². The summed E-state index contributed by atoms with van der Waals surface area (Å²) in [6.07, 6.45) is 2.90.